The van der Waals surface area contributed by atoms with E-state index >= 15 is 0 Å². The van der Waals surface area contributed by atoms with Crippen molar-refractivity contribution in [2.45, 2.75) is 19.8 Å². The second-order valence-corrected chi connectivity index (χ2v) is 6.05. The molecule has 1 saturated heterocycles. The van der Waals surface area contributed by atoms with Crippen molar-refractivity contribution in [3.63, 3.8) is 0 Å². The zero-order valence-electron chi connectivity index (χ0n) is 12.4. The van der Waals surface area contributed by atoms with Gasteiger partial charge in [-0.05, 0) is 43.0 Å². The van der Waals surface area contributed by atoms with E-state index in [1.807, 2.05) is 0 Å². The monoisotopic (exact) mass is 332 g/mol. The van der Waals surface area contributed by atoms with Crippen molar-refractivity contribution in [1.29, 1.82) is 0 Å². The number of methoxy groups -OCH3 is 1. The van der Waals surface area contributed by atoms with Gasteiger partial charge in [-0.15, -0.1) is 12.4 Å². The summed E-state index contributed by atoms with van der Waals surface area (Å²) in [6.45, 7) is 4.83. The minimum absolute atomic E-state index is 0. The Bertz CT molecular complexity index is 489. The van der Waals surface area contributed by atoms with E-state index < -0.39 is 0 Å². The molecule has 118 valence electrons. The Morgan fingerprint density at radius 1 is 1.52 bits per heavy atom. The van der Waals surface area contributed by atoms with E-state index in [1.165, 1.54) is 0 Å². The van der Waals surface area contributed by atoms with Gasteiger partial charge in [-0.25, -0.2) is 0 Å². The van der Waals surface area contributed by atoms with Gasteiger partial charge in [0, 0.05) is 18.1 Å². The highest BCUT2D eigenvalue weighted by Crippen LogP contribution is 2.26. The molecule has 0 radical (unpaired) electrons. The average Bonchev–Trinajstić information content (AvgIpc) is 2.45. The Labute approximate surface area is 137 Å². The number of halogens is 2. The van der Waals surface area contributed by atoms with Crippen molar-refractivity contribution in [2.24, 2.45) is 5.41 Å². The van der Waals surface area contributed by atoms with Crippen LogP contribution in [-0.2, 0) is 0 Å². The molecule has 1 aliphatic rings. The molecule has 1 unspecified atom stereocenters. The normalized spacial score (nSPS) is 21.3. The van der Waals surface area contributed by atoms with Crippen molar-refractivity contribution < 1.29 is 9.53 Å². The number of nitrogens with one attached hydrogen (secondary N) is 2. The quantitative estimate of drug-likeness (QED) is 0.891. The number of rotatable bonds is 4. The van der Waals surface area contributed by atoms with Crippen LogP contribution in [0, 0.1) is 5.41 Å². The first-order chi connectivity index (χ1) is 9.54. The molecule has 1 aliphatic heterocycles. The predicted molar refractivity (Wildman–Crippen MR) is 87.8 cm³/mol. The number of ether oxygens (including phenoxy) is 1. The highest BCUT2D eigenvalue weighted by Gasteiger charge is 2.27. The van der Waals surface area contributed by atoms with Crippen LogP contribution in [0.15, 0.2) is 18.2 Å². The fourth-order valence-electron chi connectivity index (χ4n) is 2.52. The molecule has 4 nitrogen and oxygen atoms in total. The molecule has 2 N–H and O–H groups in total. The van der Waals surface area contributed by atoms with Crippen LogP contribution in [0.4, 0.5) is 0 Å². The summed E-state index contributed by atoms with van der Waals surface area (Å²) in [5, 5.41) is 6.90. The molecule has 2 rings (SSSR count). The van der Waals surface area contributed by atoms with Crippen LogP contribution in [0.2, 0.25) is 5.02 Å². The smallest absolute Gasteiger partial charge is 0.255 e. The van der Waals surface area contributed by atoms with Crippen LogP contribution < -0.4 is 15.4 Å². The Hall–Kier alpha value is -0.970. The summed E-state index contributed by atoms with van der Waals surface area (Å²) >= 11 is 5.95. The van der Waals surface area contributed by atoms with Gasteiger partial charge in [-0.1, -0.05) is 18.5 Å². The van der Waals surface area contributed by atoms with E-state index in [-0.39, 0.29) is 23.7 Å². The van der Waals surface area contributed by atoms with Crippen molar-refractivity contribution in [3.05, 3.63) is 28.8 Å². The highest BCUT2D eigenvalue weighted by atomic mass is 35.5. The molecule has 0 aliphatic carbocycles. The molecule has 1 heterocycles. The van der Waals surface area contributed by atoms with Gasteiger partial charge in [0.25, 0.3) is 5.91 Å². The van der Waals surface area contributed by atoms with Crippen molar-refractivity contribution in [2.75, 3.05) is 26.7 Å². The first kappa shape index (κ1) is 18.1. The van der Waals surface area contributed by atoms with Crippen molar-refractivity contribution in [1.82, 2.24) is 10.6 Å². The van der Waals surface area contributed by atoms with E-state index in [2.05, 4.69) is 17.6 Å². The average molecular weight is 333 g/mol. The minimum atomic E-state index is -0.142. The zero-order chi connectivity index (χ0) is 14.6. The van der Waals surface area contributed by atoms with Gasteiger partial charge in [-0.2, -0.15) is 0 Å². The van der Waals surface area contributed by atoms with Crippen molar-refractivity contribution in [3.8, 4) is 5.75 Å². The number of hydrogen-bond acceptors (Lipinski definition) is 3. The largest absolute Gasteiger partial charge is 0.496 e. The summed E-state index contributed by atoms with van der Waals surface area (Å²) in [4.78, 5) is 12.3. The maximum absolute atomic E-state index is 12.3. The third-order valence-corrected chi connectivity index (χ3v) is 4.00. The molecule has 1 fully saturated rings. The van der Waals surface area contributed by atoms with Crippen LogP contribution >= 0.6 is 24.0 Å². The number of carbonyl (C=O) groups is 1. The standard InChI is InChI=1S/C15H21ClN2O2.ClH/c1-15(6-3-7-17-9-15)10-18-14(19)12-8-11(16)4-5-13(12)20-2;/h4-5,8,17H,3,6-7,9-10H2,1-2H3,(H,18,19);1H. The van der Waals surface area contributed by atoms with E-state index in [0.717, 1.165) is 25.9 Å². The summed E-state index contributed by atoms with van der Waals surface area (Å²) in [5.74, 6) is 0.398. The summed E-state index contributed by atoms with van der Waals surface area (Å²) < 4.78 is 5.21. The first-order valence-electron chi connectivity index (χ1n) is 6.86. The zero-order valence-corrected chi connectivity index (χ0v) is 13.9. The van der Waals surface area contributed by atoms with Gasteiger partial charge >= 0.3 is 0 Å². The fraction of sp³-hybridized carbons (Fsp3) is 0.533. The van der Waals surface area contributed by atoms with Crippen LogP contribution in [0.5, 0.6) is 5.75 Å². The molecule has 0 aromatic heterocycles. The number of carbonyl (C=O) groups excluding carboxylic acids is 1. The molecule has 0 spiro atoms. The second kappa shape index (κ2) is 7.87. The van der Waals surface area contributed by atoms with E-state index in [9.17, 15) is 4.79 Å². The lowest BCUT2D eigenvalue weighted by Crippen LogP contribution is -2.45. The Kier molecular flexibility index (Phi) is 6.78. The van der Waals surface area contributed by atoms with Gasteiger partial charge in [0.1, 0.15) is 5.75 Å². The first-order valence-corrected chi connectivity index (χ1v) is 7.24. The minimum Gasteiger partial charge on any atom is -0.496 e. The maximum Gasteiger partial charge on any atom is 0.255 e. The van der Waals surface area contributed by atoms with Crippen LogP contribution in [-0.4, -0.2) is 32.7 Å². The molecule has 1 aromatic rings. The van der Waals surface area contributed by atoms with Crippen molar-refractivity contribution >= 4 is 29.9 Å². The second-order valence-electron chi connectivity index (χ2n) is 5.62. The third kappa shape index (κ3) is 4.77. The SMILES string of the molecule is COc1ccc(Cl)cc1C(=O)NCC1(C)CCCNC1.Cl. The lowest BCUT2D eigenvalue weighted by molar-refractivity contribution is 0.0921. The number of amides is 1. The molecule has 21 heavy (non-hydrogen) atoms. The maximum atomic E-state index is 12.3. The van der Waals surface area contributed by atoms with E-state index in [1.54, 1.807) is 25.3 Å². The molecular weight excluding hydrogens is 311 g/mol. The fourth-order valence-corrected chi connectivity index (χ4v) is 2.69. The number of benzene rings is 1. The van der Waals surface area contributed by atoms with Crippen LogP contribution in [0.1, 0.15) is 30.1 Å². The van der Waals surface area contributed by atoms with Crippen LogP contribution in [0.3, 0.4) is 0 Å². The Morgan fingerprint density at radius 2 is 2.29 bits per heavy atom. The number of piperidine rings is 1. The lowest BCUT2D eigenvalue weighted by Gasteiger charge is -2.34. The topological polar surface area (TPSA) is 50.4 Å². The molecule has 0 bridgehead atoms. The molecule has 1 atom stereocenters. The molecule has 1 aromatic carbocycles. The Morgan fingerprint density at radius 3 is 2.90 bits per heavy atom. The van der Waals surface area contributed by atoms with Gasteiger partial charge in [0.05, 0.1) is 12.7 Å². The number of hydrogen-bond donors (Lipinski definition) is 2. The van der Waals surface area contributed by atoms with Gasteiger partial charge < -0.3 is 15.4 Å². The lowest BCUT2D eigenvalue weighted by atomic mass is 9.83. The highest BCUT2D eigenvalue weighted by molar-refractivity contribution is 6.31. The molecule has 0 saturated carbocycles. The summed E-state index contributed by atoms with van der Waals surface area (Å²) in [7, 11) is 1.55. The van der Waals surface area contributed by atoms with Gasteiger partial charge in [0.2, 0.25) is 0 Å². The third-order valence-electron chi connectivity index (χ3n) is 3.77. The Balaban J connectivity index is 0.00000220. The van der Waals surface area contributed by atoms with Crippen LogP contribution in [0.25, 0.3) is 0 Å². The van der Waals surface area contributed by atoms with Gasteiger partial charge in [-0.3, -0.25) is 4.79 Å². The predicted octanol–water partition coefficient (Wildman–Crippen LogP) is 2.89. The summed E-state index contributed by atoms with van der Waals surface area (Å²) in [6, 6.07) is 5.06. The summed E-state index contributed by atoms with van der Waals surface area (Å²) in [6.07, 6.45) is 2.26. The van der Waals surface area contributed by atoms with E-state index in [4.69, 9.17) is 16.3 Å². The van der Waals surface area contributed by atoms with Gasteiger partial charge in [0.15, 0.2) is 0 Å². The molecular formula is C15H22Cl2N2O2. The summed E-state index contributed by atoms with van der Waals surface area (Å²) in [5.41, 5.74) is 0.590. The molecule has 1 amide bonds. The van der Waals surface area contributed by atoms with E-state index in [0.29, 0.717) is 22.9 Å². The molecule has 6 heteroatoms.